The number of halogens is 1. The minimum Gasteiger partial charge on any atom is -0.496 e. The fraction of sp³-hybridized carbons (Fsp3) is 0.208. The number of nitrogens with one attached hydrogen (secondary N) is 1. The summed E-state index contributed by atoms with van der Waals surface area (Å²) >= 11 is 0. The maximum absolute atomic E-state index is 6.22. The lowest BCUT2D eigenvalue weighted by Gasteiger charge is -2.27. The molecule has 2 aliphatic heterocycles. The van der Waals surface area contributed by atoms with Crippen molar-refractivity contribution in [3.05, 3.63) is 71.6 Å². The highest BCUT2D eigenvalue weighted by atomic mass is 35.5. The molecule has 0 amide bonds. The van der Waals surface area contributed by atoms with Gasteiger partial charge in [-0.3, -0.25) is 0 Å². The number of ether oxygens (including phenoxy) is 3. The molecule has 0 spiro atoms. The van der Waals surface area contributed by atoms with Gasteiger partial charge >= 0.3 is 0 Å². The molecule has 9 heteroatoms. The van der Waals surface area contributed by atoms with E-state index in [2.05, 4.69) is 15.3 Å². The predicted octanol–water partition coefficient (Wildman–Crippen LogP) is 3.74. The number of nitrogens with two attached hydrogens (primary N) is 1. The zero-order chi connectivity index (χ0) is 22.1. The molecule has 2 aromatic carbocycles. The van der Waals surface area contributed by atoms with Crippen LogP contribution < -0.4 is 25.3 Å². The number of methoxy groups -OCH3 is 2. The van der Waals surface area contributed by atoms with Gasteiger partial charge in [0, 0.05) is 36.5 Å². The van der Waals surface area contributed by atoms with E-state index in [4.69, 9.17) is 24.9 Å². The Balaban J connectivity index is 0.00000259. The molecule has 8 nitrogen and oxygen atoms in total. The maximum atomic E-state index is 6.22. The maximum Gasteiger partial charge on any atom is 0.194 e. The van der Waals surface area contributed by atoms with E-state index in [1.165, 1.54) is 0 Å². The summed E-state index contributed by atoms with van der Waals surface area (Å²) in [6.45, 7) is 0.506. The van der Waals surface area contributed by atoms with Gasteiger partial charge in [0.1, 0.15) is 23.3 Å². The number of rotatable bonds is 4. The van der Waals surface area contributed by atoms with E-state index < -0.39 is 0 Å². The predicted molar refractivity (Wildman–Crippen MR) is 129 cm³/mol. The van der Waals surface area contributed by atoms with E-state index in [0.717, 1.165) is 28.0 Å². The molecule has 33 heavy (non-hydrogen) atoms. The van der Waals surface area contributed by atoms with Crippen molar-refractivity contribution in [1.82, 2.24) is 15.3 Å². The molecule has 3 heterocycles. The van der Waals surface area contributed by atoms with Crippen LogP contribution >= 0.6 is 12.4 Å². The first-order valence-electron chi connectivity index (χ1n) is 10.3. The number of benzene rings is 2. The summed E-state index contributed by atoms with van der Waals surface area (Å²) in [5.74, 6) is 3.02. The monoisotopic (exact) mass is 465 g/mol. The van der Waals surface area contributed by atoms with Gasteiger partial charge in [-0.2, -0.15) is 0 Å². The van der Waals surface area contributed by atoms with Gasteiger partial charge in [-0.05, 0) is 17.2 Å². The van der Waals surface area contributed by atoms with Gasteiger partial charge in [0.25, 0.3) is 0 Å². The summed E-state index contributed by atoms with van der Waals surface area (Å²) in [5, 5.41) is 3.25. The summed E-state index contributed by atoms with van der Waals surface area (Å²) < 4.78 is 17.1. The van der Waals surface area contributed by atoms with E-state index in [1.54, 1.807) is 32.7 Å². The lowest BCUT2D eigenvalue weighted by molar-refractivity contribution is 0.315. The first-order chi connectivity index (χ1) is 15.7. The topological polar surface area (TPSA) is 104 Å². The molecule has 2 aliphatic rings. The highest BCUT2D eigenvalue weighted by Crippen LogP contribution is 2.45. The molecule has 3 aromatic rings. The van der Waals surface area contributed by atoms with Crippen molar-refractivity contribution >= 4 is 24.1 Å². The molecular formula is C24H24ClN5O3. The van der Waals surface area contributed by atoms with Crippen molar-refractivity contribution in [2.75, 3.05) is 20.8 Å². The number of nitrogens with zero attached hydrogens (tertiary/aromatic N) is 3. The summed E-state index contributed by atoms with van der Waals surface area (Å²) in [6.07, 6.45) is 4.15. The van der Waals surface area contributed by atoms with Crippen LogP contribution in [0.15, 0.2) is 65.4 Å². The van der Waals surface area contributed by atoms with Crippen LogP contribution in [-0.4, -0.2) is 36.8 Å². The second-order valence-corrected chi connectivity index (χ2v) is 7.44. The molecule has 1 aromatic heterocycles. The van der Waals surface area contributed by atoms with Crippen molar-refractivity contribution < 1.29 is 14.2 Å². The lowest BCUT2D eigenvalue weighted by Crippen LogP contribution is -2.35. The van der Waals surface area contributed by atoms with Gasteiger partial charge in [-0.25, -0.2) is 15.0 Å². The fourth-order valence-corrected chi connectivity index (χ4v) is 4.09. The van der Waals surface area contributed by atoms with Gasteiger partial charge in [0.05, 0.1) is 32.1 Å². The third-order valence-corrected chi connectivity index (χ3v) is 5.60. The molecule has 0 fully saturated rings. The summed E-state index contributed by atoms with van der Waals surface area (Å²) in [7, 11) is 3.24. The Labute approximate surface area is 197 Å². The van der Waals surface area contributed by atoms with Crippen LogP contribution in [0, 0.1) is 0 Å². The number of fused-ring (bicyclic) bond motifs is 2. The Morgan fingerprint density at radius 2 is 1.82 bits per heavy atom. The average Bonchev–Trinajstić information content (AvgIpc) is 3.03. The summed E-state index contributed by atoms with van der Waals surface area (Å²) in [6, 6.07) is 13.4. The minimum absolute atomic E-state index is 0. The molecule has 1 atom stereocenters. The number of guanidine groups is 1. The van der Waals surface area contributed by atoms with Crippen LogP contribution in [0.3, 0.4) is 0 Å². The van der Waals surface area contributed by atoms with E-state index in [-0.39, 0.29) is 18.4 Å². The van der Waals surface area contributed by atoms with Crippen molar-refractivity contribution in [2.24, 2.45) is 10.7 Å². The summed E-state index contributed by atoms with van der Waals surface area (Å²) in [5.41, 5.74) is 11.0. The molecule has 0 bridgehead atoms. The molecule has 0 saturated heterocycles. The average molecular weight is 466 g/mol. The number of hydrogen-bond acceptors (Lipinski definition) is 8. The van der Waals surface area contributed by atoms with Crippen LogP contribution in [0.4, 0.5) is 0 Å². The van der Waals surface area contributed by atoms with Gasteiger partial charge in [0.15, 0.2) is 11.8 Å². The zero-order valence-corrected chi connectivity index (χ0v) is 19.1. The van der Waals surface area contributed by atoms with Crippen LogP contribution in [0.2, 0.25) is 0 Å². The van der Waals surface area contributed by atoms with Crippen molar-refractivity contribution in [2.45, 2.75) is 12.5 Å². The molecule has 170 valence electrons. The zero-order valence-electron chi connectivity index (χ0n) is 18.2. The largest absolute Gasteiger partial charge is 0.496 e. The standard InChI is InChI=1S/C24H23N5O3.ClH/c1-30-16-12-18(31-2)20-19(13-16)32-11-8-17-21(28-24(25)29-22(17)20)14-4-6-15(7-5-14)23-26-9-3-10-27-23;/h3-7,9-10,12-13,21H,8,11H2,1-2H3,(H3,25,28,29);1H. The number of hydrogen-bond donors (Lipinski definition) is 2. The van der Waals surface area contributed by atoms with Gasteiger partial charge in [-0.1, -0.05) is 24.3 Å². The second-order valence-electron chi connectivity index (χ2n) is 7.44. The molecule has 1 unspecified atom stereocenters. The van der Waals surface area contributed by atoms with E-state index in [9.17, 15) is 0 Å². The number of aromatic nitrogens is 2. The first-order valence-corrected chi connectivity index (χ1v) is 10.3. The van der Waals surface area contributed by atoms with E-state index in [0.29, 0.717) is 42.1 Å². The van der Waals surface area contributed by atoms with Gasteiger partial charge < -0.3 is 25.3 Å². The number of aliphatic imine (C=N–C) groups is 1. The van der Waals surface area contributed by atoms with Crippen LogP contribution in [0.25, 0.3) is 17.1 Å². The van der Waals surface area contributed by atoms with Gasteiger partial charge in [0.2, 0.25) is 0 Å². The Kier molecular flexibility index (Phi) is 6.37. The van der Waals surface area contributed by atoms with E-state index >= 15 is 0 Å². The SMILES string of the molecule is COc1cc(OC)c2c(c1)OCCC1=C2NC(N)=NC1c1ccc(-c2ncccn2)cc1.Cl. The smallest absolute Gasteiger partial charge is 0.194 e. The molecule has 0 aliphatic carbocycles. The molecule has 0 radical (unpaired) electrons. The lowest BCUT2D eigenvalue weighted by atomic mass is 9.91. The van der Waals surface area contributed by atoms with Crippen molar-refractivity contribution in [1.29, 1.82) is 0 Å². The molecule has 0 saturated carbocycles. The van der Waals surface area contributed by atoms with Crippen LogP contribution in [-0.2, 0) is 0 Å². The van der Waals surface area contributed by atoms with Crippen molar-refractivity contribution in [3.8, 4) is 28.6 Å². The Morgan fingerprint density at radius 1 is 1.06 bits per heavy atom. The molecule has 5 rings (SSSR count). The Bertz CT molecular complexity index is 1210. The second kappa shape index (κ2) is 9.38. The minimum atomic E-state index is -0.238. The quantitative estimate of drug-likeness (QED) is 0.604. The highest BCUT2D eigenvalue weighted by Gasteiger charge is 2.31. The first kappa shape index (κ1) is 22.4. The van der Waals surface area contributed by atoms with Gasteiger partial charge in [-0.15, -0.1) is 12.4 Å². The Morgan fingerprint density at radius 3 is 2.52 bits per heavy atom. The summed E-state index contributed by atoms with van der Waals surface area (Å²) in [4.78, 5) is 13.4. The van der Waals surface area contributed by atoms with Crippen LogP contribution in [0.5, 0.6) is 17.2 Å². The van der Waals surface area contributed by atoms with Crippen LogP contribution in [0.1, 0.15) is 23.6 Å². The molecule has 3 N–H and O–H groups in total. The Hall–Kier alpha value is -3.78. The normalized spacial score (nSPS) is 16.7. The molecular weight excluding hydrogens is 442 g/mol. The third kappa shape index (κ3) is 4.17. The third-order valence-electron chi connectivity index (χ3n) is 5.60. The highest BCUT2D eigenvalue weighted by molar-refractivity contribution is 5.94. The fourth-order valence-electron chi connectivity index (χ4n) is 4.09. The van der Waals surface area contributed by atoms with Crippen molar-refractivity contribution in [3.63, 3.8) is 0 Å². The van der Waals surface area contributed by atoms with E-state index in [1.807, 2.05) is 36.4 Å².